The summed E-state index contributed by atoms with van der Waals surface area (Å²) in [7, 11) is 0. The summed E-state index contributed by atoms with van der Waals surface area (Å²) in [5.41, 5.74) is -0.121. The molecule has 1 aliphatic carbocycles. The fraction of sp³-hybridized carbons (Fsp3) is 0.308. The van der Waals surface area contributed by atoms with Gasteiger partial charge in [0.1, 0.15) is 0 Å². The van der Waals surface area contributed by atoms with E-state index in [0.717, 1.165) is 18.1 Å². The Balaban J connectivity index is 1.15. The number of rotatable bonds is 5. The number of amides is 2. The predicted molar refractivity (Wildman–Crippen MR) is 128 cm³/mol. The van der Waals surface area contributed by atoms with Crippen molar-refractivity contribution in [3.63, 3.8) is 0 Å². The second kappa shape index (κ2) is 9.60. The zero-order valence-electron chi connectivity index (χ0n) is 19.3. The maximum Gasteiger partial charge on any atom is 0.417 e. The normalized spacial score (nSPS) is 19.6. The number of carbonyl (C=O) groups is 2. The van der Waals surface area contributed by atoms with Crippen molar-refractivity contribution in [1.29, 1.82) is 0 Å². The Kier molecular flexibility index (Phi) is 6.34. The van der Waals surface area contributed by atoms with Crippen molar-refractivity contribution in [2.45, 2.75) is 18.5 Å². The molecule has 2 amide bonds. The molecule has 186 valence electrons. The summed E-state index contributed by atoms with van der Waals surface area (Å²) in [4.78, 5) is 28.6. The van der Waals surface area contributed by atoms with Crippen molar-refractivity contribution in [2.75, 3.05) is 36.4 Å². The highest BCUT2D eigenvalue weighted by molar-refractivity contribution is 5.96. The third kappa shape index (κ3) is 5.02. The van der Waals surface area contributed by atoms with Crippen LogP contribution in [0, 0.1) is 5.92 Å². The van der Waals surface area contributed by atoms with Gasteiger partial charge in [0, 0.05) is 32.1 Å². The molecule has 1 N–H and O–H groups in total. The Morgan fingerprint density at radius 1 is 0.861 bits per heavy atom. The molecule has 2 fully saturated rings. The lowest BCUT2D eigenvalue weighted by Crippen LogP contribution is -2.49. The van der Waals surface area contributed by atoms with Crippen LogP contribution in [0.5, 0.6) is 0 Å². The molecule has 2 unspecified atom stereocenters. The van der Waals surface area contributed by atoms with E-state index in [1.165, 1.54) is 23.1 Å². The standard InChI is InChI=1S/C26H24F3N5O2/c27-26(28,29)21-9-5-4-8-18(21)25(36)34-14-12-33(13-15-34)23-11-10-22(31-32-23)30-24(35)20-16-19(20)17-6-2-1-3-7-17/h1-11,19-20H,12-16H2,(H,30,31,35). The molecule has 0 radical (unpaired) electrons. The van der Waals surface area contributed by atoms with Gasteiger partial charge in [-0.3, -0.25) is 9.59 Å². The molecule has 0 bridgehead atoms. The van der Waals surface area contributed by atoms with Gasteiger partial charge in [0.15, 0.2) is 11.6 Å². The summed E-state index contributed by atoms with van der Waals surface area (Å²) in [6, 6.07) is 18.2. The molecular formula is C26H24F3N5O2. The smallest absolute Gasteiger partial charge is 0.352 e. The highest BCUT2D eigenvalue weighted by atomic mass is 19.4. The SMILES string of the molecule is O=C(Nc1ccc(N2CCN(C(=O)c3ccccc3C(F)(F)F)CC2)nn1)C1CC1c1ccccc1. The first-order chi connectivity index (χ1) is 17.3. The van der Waals surface area contributed by atoms with Crippen LogP contribution in [-0.2, 0) is 11.0 Å². The number of piperazine rings is 1. The molecule has 1 aromatic heterocycles. The summed E-state index contributed by atoms with van der Waals surface area (Å²) < 4.78 is 39.9. The minimum absolute atomic E-state index is 0.0815. The van der Waals surface area contributed by atoms with Gasteiger partial charge in [-0.05, 0) is 42.2 Å². The molecule has 10 heteroatoms. The van der Waals surface area contributed by atoms with E-state index in [1.54, 1.807) is 12.1 Å². The average molecular weight is 496 g/mol. The summed E-state index contributed by atoms with van der Waals surface area (Å²) >= 11 is 0. The molecule has 3 aromatic rings. The van der Waals surface area contributed by atoms with E-state index in [9.17, 15) is 22.8 Å². The number of aromatic nitrogens is 2. The van der Waals surface area contributed by atoms with E-state index in [-0.39, 0.29) is 36.4 Å². The molecule has 1 aliphatic heterocycles. The van der Waals surface area contributed by atoms with Crippen molar-refractivity contribution in [1.82, 2.24) is 15.1 Å². The molecule has 2 aliphatic rings. The molecule has 2 aromatic carbocycles. The Morgan fingerprint density at radius 3 is 2.22 bits per heavy atom. The third-order valence-electron chi connectivity index (χ3n) is 6.61. The number of hydrogen-bond acceptors (Lipinski definition) is 5. The largest absolute Gasteiger partial charge is 0.417 e. The molecule has 0 spiro atoms. The predicted octanol–water partition coefficient (Wildman–Crippen LogP) is 4.20. The van der Waals surface area contributed by atoms with E-state index in [2.05, 4.69) is 15.5 Å². The number of hydrogen-bond donors (Lipinski definition) is 1. The topological polar surface area (TPSA) is 78.4 Å². The van der Waals surface area contributed by atoms with Crippen molar-refractivity contribution < 1.29 is 22.8 Å². The number of halogens is 3. The minimum atomic E-state index is -4.59. The second-order valence-corrected chi connectivity index (χ2v) is 8.95. The maximum atomic E-state index is 13.3. The van der Waals surface area contributed by atoms with Gasteiger partial charge in [0.05, 0.1) is 11.1 Å². The van der Waals surface area contributed by atoms with Gasteiger partial charge in [-0.15, -0.1) is 10.2 Å². The summed E-state index contributed by atoms with van der Waals surface area (Å²) in [5.74, 6) is 0.352. The Bertz CT molecular complexity index is 1240. The number of alkyl halides is 3. The Morgan fingerprint density at radius 2 is 1.56 bits per heavy atom. The summed E-state index contributed by atoms with van der Waals surface area (Å²) in [5, 5.41) is 11.1. The first-order valence-corrected chi connectivity index (χ1v) is 11.7. The number of nitrogens with zero attached hydrogens (tertiary/aromatic N) is 4. The highest BCUT2D eigenvalue weighted by Crippen LogP contribution is 2.47. The summed E-state index contributed by atoms with van der Waals surface area (Å²) in [6.07, 6.45) is -3.79. The quantitative estimate of drug-likeness (QED) is 0.574. The van der Waals surface area contributed by atoms with Crippen LogP contribution in [0.4, 0.5) is 24.8 Å². The average Bonchev–Trinajstić information content (AvgIpc) is 3.70. The summed E-state index contributed by atoms with van der Waals surface area (Å²) in [6.45, 7) is 1.32. The van der Waals surface area contributed by atoms with E-state index < -0.39 is 17.6 Å². The first-order valence-electron chi connectivity index (χ1n) is 11.7. The molecule has 2 atom stereocenters. The van der Waals surface area contributed by atoms with Gasteiger partial charge < -0.3 is 15.1 Å². The van der Waals surface area contributed by atoms with E-state index in [4.69, 9.17) is 0 Å². The van der Waals surface area contributed by atoms with Crippen molar-refractivity contribution in [3.05, 3.63) is 83.4 Å². The van der Waals surface area contributed by atoms with Gasteiger partial charge in [-0.25, -0.2) is 0 Å². The van der Waals surface area contributed by atoms with Gasteiger partial charge in [-0.2, -0.15) is 13.2 Å². The van der Waals surface area contributed by atoms with E-state index in [0.29, 0.717) is 24.7 Å². The van der Waals surface area contributed by atoms with Crippen molar-refractivity contribution in [3.8, 4) is 0 Å². The van der Waals surface area contributed by atoms with Gasteiger partial charge in [0.2, 0.25) is 5.91 Å². The molecule has 1 saturated carbocycles. The highest BCUT2D eigenvalue weighted by Gasteiger charge is 2.44. The number of carbonyl (C=O) groups excluding carboxylic acids is 2. The van der Waals surface area contributed by atoms with Gasteiger partial charge in [0.25, 0.3) is 5.91 Å². The van der Waals surface area contributed by atoms with Crippen LogP contribution in [0.1, 0.15) is 33.8 Å². The molecule has 2 heterocycles. The van der Waals surface area contributed by atoms with Crippen molar-refractivity contribution >= 4 is 23.5 Å². The third-order valence-corrected chi connectivity index (χ3v) is 6.61. The van der Waals surface area contributed by atoms with E-state index >= 15 is 0 Å². The van der Waals surface area contributed by atoms with Crippen LogP contribution in [0.3, 0.4) is 0 Å². The van der Waals surface area contributed by atoms with Crippen LogP contribution >= 0.6 is 0 Å². The van der Waals surface area contributed by atoms with Crippen LogP contribution in [0.25, 0.3) is 0 Å². The first kappa shape index (κ1) is 23.8. The van der Waals surface area contributed by atoms with E-state index in [1.807, 2.05) is 35.2 Å². The maximum absolute atomic E-state index is 13.3. The number of benzene rings is 2. The van der Waals surface area contributed by atoms with Crippen LogP contribution in [0.2, 0.25) is 0 Å². The Labute approximate surface area is 205 Å². The molecule has 7 nitrogen and oxygen atoms in total. The zero-order valence-corrected chi connectivity index (χ0v) is 19.3. The fourth-order valence-corrected chi connectivity index (χ4v) is 4.56. The van der Waals surface area contributed by atoms with Gasteiger partial charge in [-0.1, -0.05) is 42.5 Å². The van der Waals surface area contributed by atoms with Crippen molar-refractivity contribution in [2.24, 2.45) is 5.92 Å². The van der Waals surface area contributed by atoms with Crippen LogP contribution in [0.15, 0.2) is 66.7 Å². The monoisotopic (exact) mass is 495 g/mol. The lowest BCUT2D eigenvalue weighted by molar-refractivity contribution is -0.138. The fourth-order valence-electron chi connectivity index (χ4n) is 4.56. The second-order valence-electron chi connectivity index (χ2n) is 8.95. The molecule has 1 saturated heterocycles. The Hall–Kier alpha value is -3.95. The molecular weight excluding hydrogens is 471 g/mol. The lowest BCUT2D eigenvalue weighted by atomic mass is 10.1. The van der Waals surface area contributed by atoms with Crippen LogP contribution in [-0.4, -0.2) is 53.1 Å². The lowest BCUT2D eigenvalue weighted by Gasteiger charge is -2.35. The molecule has 36 heavy (non-hydrogen) atoms. The van der Waals surface area contributed by atoms with Gasteiger partial charge >= 0.3 is 6.18 Å². The number of nitrogens with one attached hydrogen (secondary N) is 1. The number of anilines is 2. The van der Waals surface area contributed by atoms with Crippen LogP contribution < -0.4 is 10.2 Å². The minimum Gasteiger partial charge on any atom is -0.352 e. The molecule has 5 rings (SSSR count). The zero-order chi connectivity index (χ0) is 25.3.